The van der Waals surface area contributed by atoms with E-state index in [4.69, 9.17) is 0 Å². The lowest BCUT2D eigenvalue weighted by Gasteiger charge is -2.07. The summed E-state index contributed by atoms with van der Waals surface area (Å²) in [5.74, 6) is 0.319. The summed E-state index contributed by atoms with van der Waals surface area (Å²) in [6.45, 7) is 5.85. The van der Waals surface area contributed by atoms with Gasteiger partial charge in [-0.1, -0.05) is 24.3 Å². The van der Waals surface area contributed by atoms with Gasteiger partial charge < -0.3 is 10.6 Å². The fourth-order valence-corrected chi connectivity index (χ4v) is 2.41. The number of aromatic amines is 1. The van der Waals surface area contributed by atoms with Gasteiger partial charge >= 0.3 is 0 Å². The van der Waals surface area contributed by atoms with E-state index >= 15 is 0 Å². The lowest BCUT2D eigenvalue weighted by atomic mass is 10.1. The van der Waals surface area contributed by atoms with Gasteiger partial charge in [0, 0.05) is 30.5 Å². The van der Waals surface area contributed by atoms with Gasteiger partial charge in [0.05, 0.1) is 5.69 Å². The van der Waals surface area contributed by atoms with E-state index in [-0.39, 0.29) is 24.3 Å². The van der Waals surface area contributed by atoms with Crippen LogP contribution in [0, 0.1) is 6.92 Å². The third-order valence-corrected chi connectivity index (χ3v) is 3.54. The molecule has 1 heterocycles. The van der Waals surface area contributed by atoms with Crippen molar-refractivity contribution in [2.24, 2.45) is 0 Å². The highest BCUT2D eigenvalue weighted by Gasteiger charge is 2.10. The van der Waals surface area contributed by atoms with Crippen molar-refractivity contribution in [3.63, 3.8) is 0 Å². The first-order valence-corrected chi connectivity index (χ1v) is 8.16. The molecule has 0 spiro atoms. The van der Waals surface area contributed by atoms with E-state index in [0.717, 1.165) is 16.8 Å². The van der Waals surface area contributed by atoms with Crippen LogP contribution in [0.3, 0.4) is 0 Å². The highest BCUT2D eigenvalue weighted by Crippen LogP contribution is 2.23. The Balaban J connectivity index is 1.83. The number of carbonyl (C=O) groups excluding carboxylic acids is 2. The van der Waals surface area contributed by atoms with Crippen molar-refractivity contribution in [1.29, 1.82) is 0 Å². The van der Waals surface area contributed by atoms with Crippen LogP contribution in [0.5, 0.6) is 0 Å². The minimum Gasteiger partial charge on any atom is -0.354 e. The fourth-order valence-electron chi connectivity index (χ4n) is 2.41. The van der Waals surface area contributed by atoms with Gasteiger partial charge in [-0.3, -0.25) is 14.7 Å². The smallest absolute Gasteiger partial charge is 0.225 e. The van der Waals surface area contributed by atoms with Crippen LogP contribution in [0.1, 0.15) is 38.7 Å². The first-order chi connectivity index (χ1) is 11.5. The Kier molecular flexibility index (Phi) is 6.12. The molecular weight excluding hydrogens is 304 g/mol. The molecule has 0 radical (unpaired) electrons. The Labute approximate surface area is 142 Å². The molecule has 3 N–H and O–H groups in total. The average molecular weight is 328 g/mol. The maximum absolute atomic E-state index is 11.9. The molecule has 0 unspecified atom stereocenters. The van der Waals surface area contributed by atoms with E-state index in [1.807, 2.05) is 51.1 Å². The number of aromatic nitrogens is 2. The van der Waals surface area contributed by atoms with Gasteiger partial charge in [-0.05, 0) is 32.8 Å². The minimum atomic E-state index is -0.143. The highest BCUT2D eigenvalue weighted by molar-refractivity contribution is 5.90. The number of anilines is 1. The van der Waals surface area contributed by atoms with Crippen LogP contribution in [-0.4, -0.2) is 28.1 Å². The van der Waals surface area contributed by atoms with Gasteiger partial charge in [-0.15, -0.1) is 0 Å². The zero-order chi connectivity index (χ0) is 17.5. The molecule has 1 aromatic carbocycles. The molecule has 2 amide bonds. The average Bonchev–Trinajstić information content (AvgIpc) is 2.95. The maximum Gasteiger partial charge on any atom is 0.225 e. The third-order valence-electron chi connectivity index (χ3n) is 3.54. The molecule has 0 bridgehead atoms. The van der Waals surface area contributed by atoms with Crippen molar-refractivity contribution in [2.75, 3.05) is 5.32 Å². The number of benzene rings is 1. The zero-order valence-corrected chi connectivity index (χ0v) is 14.3. The summed E-state index contributed by atoms with van der Waals surface area (Å²) in [5.41, 5.74) is 3.05. The monoisotopic (exact) mass is 328 g/mol. The normalized spacial score (nSPS) is 10.7. The summed E-state index contributed by atoms with van der Waals surface area (Å²) in [5, 5.41) is 12.6. The third kappa shape index (κ3) is 5.22. The molecule has 0 saturated heterocycles. The second kappa shape index (κ2) is 8.29. The van der Waals surface area contributed by atoms with E-state index in [9.17, 15) is 9.59 Å². The van der Waals surface area contributed by atoms with Crippen molar-refractivity contribution < 1.29 is 9.59 Å². The fraction of sp³-hybridized carbons (Fsp3) is 0.389. The zero-order valence-electron chi connectivity index (χ0n) is 14.3. The van der Waals surface area contributed by atoms with Crippen molar-refractivity contribution in [3.05, 3.63) is 35.9 Å². The van der Waals surface area contributed by atoms with Gasteiger partial charge in [0.15, 0.2) is 5.82 Å². The minimum absolute atomic E-state index is 0.0283. The van der Waals surface area contributed by atoms with Crippen molar-refractivity contribution in [1.82, 2.24) is 15.5 Å². The number of aryl methyl sites for hydroxylation is 1. The molecule has 0 aliphatic heterocycles. The molecule has 2 rings (SSSR count). The second-order valence-corrected chi connectivity index (χ2v) is 6.11. The molecule has 1 aromatic heterocycles. The molecule has 2 aromatic rings. The van der Waals surface area contributed by atoms with E-state index < -0.39 is 0 Å². The molecule has 6 nitrogen and oxygen atoms in total. The van der Waals surface area contributed by atoms with Gasteiger partial charge in [-0.2, -0.15) is 5.10 Å². The molecular formula is C18H24N4O2. The Hall–Kier alpha value is -2.63. The number of carbonyl (C=O) groups is 2. The van der Waals surface area contributed by atoms with Crippen LogP contribution in [0.15, 0.2) is 30.3 Å². The van der Waals surface area contributed by atoms with Crippen LogP contribution in [-0.2, 0) is 9.59 Å². The Morgan fingerprint density at radius 1 is 1.17 bits per heavy atom. The van der Waals surface area contributed by atoms with Crippen LogP contribution >= 0.6 is 0 Å². The standard InChI is InChI=1S/C18H24N4O2/c1-12(2)19-17(23)9-6-10-18(24)20-16-11-15(21-22-16)14-8-5-4-7-13(14)3/h4-5,7-8,11-12H,6,9-10H2,1-3H3,(H,19,23)(H2,20,21,22,24). The van der Waals surface area contributed by atoms with Crippen LogP contribution in [0.4, 0.5) is 5.82 Å². The second-order valence-electron chi connectivity index (χ2n) is 6.11. The van der Waals surface area contributed by atoms with Crippen molar-refractivity contribution in [2.45, 2.75) is 46.1 Å². The topological polar surface area (TPSA) is 86.9 Å². The van der Waals surface area contributed by atoms with Crippen LogP contribution in [0.25, 0.3) is 11.3 Å². The Morgan fingerprint density at radius 2 is 1.88 bits per heavy atom. The van der Waals surface area contributed by atoms with E-state index in [1.165, 1.54) is 0 Å². The summed E-state index contributed by atoms with van der Waals surface area (Å²) in [6.07, 6.45) is 1.15. The van der Waals surface area contributed by atoms with Crippen LogP contribution < -0.4 is 10.6 Å². The molecule has 0 fully saturated rings. The SMILES string of the molecule is Cc1ccccc1-c1cc(NC(=O)CCCC(=O)NC(C)C)n[nH]1. The largest absolute Gasteiger partial charge is 0.354 e. The molecule has 6 heteroatoms. The summed E-state index contributed by atoms with van der Waals surface area (Å²) in [6, 6.07) is 9.90. The lowest BCUT2D eigenvalue weighted by molar-refractivity contribution is -0.121. The number of rotatable bonds is 7. The van der Waals surface area contributed by atoms with Gasteiger partial charge in [-0.25, -0.2) is 0 Å². The lowest BCUT2D eigenvalue weighted by Crippen LogP contribution is -2.30. The summed E-state index contributed by atoms with van der Waals surface area (Å²) in [4.78, 5) is 23.5. The Bertz CT molecular complexity index is 707. The summed E-state index contributed by atoms with van der Waals surface area (Å²) >= 11 is 0. The number of amides is 2. The van der Waals surface area contributed by atoms with E-state index in [1.54, 1.807) is 0 Å². The first-order valence-electron chi connectivity index (χ1n) is 8.16. The Morgan fingerprint density at radius 3 is 2.58 bits per heavy atom. The molecule has 0 aliphatic carbocycles. The number of H-pyrrole nitrogens is 1. The highest BCUT2D eigenvalue weighted by atomic mass is 16.2. The van der Waals surface area contributed by atoms with Crippen molar-refractivity contribution in [3.8, 4) is 11.3 Å². The molecule has 0 aliphatic rings. The molecule has 0 atom stereocenters. The predicted molar refractivity (Wildman–Crippen MR) is 94.5 cm³/mol. The van der Waals surface area contributed by atoms with E-state index in [0.29, 0.717) is 18.7 Å². The number of hydrogen-bond acceptors (Lipinski definition) is 3. The molecule has 0 saturated carbocycles. The maximum atomic E-state index is 11.9. The number of nitrogens with zero attached hydrogens (tertiary/aromatic N) is 1. The van der Waals surface area contributed by atoms with E-state index in [2.05, 4.69) is 20.8 Å². The van der Waals surface area contributed by atoms with Gasteiger partial charge in [0.25, 0.3) is 0 Å². The first kappa shape index (κ1) is 17.7. The van der Waals surface area contributed by atoms with Gasteiger partial charge in [0.1, 0.15) is 0 Å². The summed E-state index contributed by atoms with van der Waals surface area (Å²) < 4.78 is 0. The predicted octanol–water partition coefficient (Wildman–Crippen LogP) is 3.02. The molecule has 128 valence electrons. The van der Waals surface area contributed by atoms with Crippen molar-refractivity contribution >= 4 is 17.6 Å². The number of hydrogen-bond donors (Lipinski definition) is 3. The number of nitrogens with one attached hydrogen (secondary N) is 3. The molecule has 24 heavy (non-hydrogen) atoms. The van der Waals surface area contributed by atoms with Crippen LogP contribution in [0.2, 0.25) is 0 Å². The van der Waals surface area contributed by atoms with Gasteiger partial charge in [0.2, 0.25) is 11.8 Å². The quantitative estimate of drug-likeness (QED) is 0.730. The summed E-state index contributed by atoms with van der Waals surface area (Å²) in [7, 11) is 0.